The van der Waals surface area contributed by atoms with Crippen molar-refractivity contribution >= 4 is 10.8 Å². The van der Waals surface area contributed by atoms with Crippen molar-refractivity contribution in [3.05, 3.63) is 48.0 Å². The van der Waals surface area contributed by atoms with Gasteiger partial charge >= 0.3 is 0 Å². The van der Waals surface area contributed by atoms with Gasteiger partial charge in [-0.05, 0) is 24.7 Å². The minimum atomic E-state index is -1.27. The molecule has 3 nitrogen and oxygen atoms in total. The smallest absolute Gasteiger partial charge is 0.190 e. The summed E-state index contributed by atoms with van der Waals surface area (Å²) in [6.45, 7) is 2.86. The molecule has 1 unspecified atom stereocenters. The van der Waals surface area contributed by atoms with Gasteiger partial charge in [0, 0.05) is 12.1 Å². The first-order valence-corrected chi connectivity index (χ1v) is 6.14. The standard InChI is InChI=1S/C15H19NO2/c1-15(17,18-11-10-16-2)14-9-5-7-12-6-3-4-8-13(12)14/h3-9,16-17H,10-11H2,1-2H3. The van der Waals surface area contributed by atoms with Crippen LogP contribution in [0.4, 0.5) is 0 Å². The lowest BCUT2D eigenvalue weighted by molar-refractivity contribution is -0.196. The SMILES string of the molecule is CNCCOC(C)(O)c1cccc2ccccc12. The second-order valence-corrected chi connectivity index (χ2v) is 4.46. The van der Waals surface area contributed by atoms with E-state index in [-0.39, 0.29) is 0 Å². The first-order chi connectivity index (χ1) is 8.65. The van der Waals surface area contributed by atoms with Crippen LogP contribution in [0.2, 0.25) is 0 Å². The van der Waals surface area contributed by atoms with Gasteiger partial charge in [-0.15, -0.1) is 0 Å². The van der Waals surface area contributed by atoms with Gasteiger partial charge in [0.05, 0.1) is 6.61 Å². The first-order valence-electron chi connectivity index (χ1n) is 6.14. The second-order valence-electron chi connectivity index (χ2n) is 4.46. The summed E-state index contributed by atoms with van der Waals surface area (Å²) in [5, 5.41) is 15.6. The van der Waals surface area contributed by atoms with Crippen molar-refractivity contribution in [3.63, 3.8) is 0 Å². The van der Waals surface area contributed by atoms with Crippen LogP contribution in [0.25, 0.3) is 10.8 Å². The van der Waals surface area contributed by atoms with Gasteiger partial charge in [-0.25, -0.2) is 0 Å². The molecule has 0 heterocycles. The molecule has 0 amide bonds. The van der Waals surface area contributed by atoms with Gasteiger partial charge in [0.25, 0.3) is 0 Å². The van der Waals surface area contributed by atoms with Gasteiger partial charge < -0.3 is 15.2 Å². The summed E-state index contributed by atoms with van der Waals surface area (Å²) in [4.78, 5) is 0. The number of fused-ring (bicyclic) bond motifs is 1. The van der Waals surface area contributed by atoms with Crippen molar-refractivity contribution in [2.75, 3.05) is 20.2 Å². The molecule has 1 atom stereocenters. The van der Waals surface area contributed by atoms with E-state index < -0.39 is 5.79 Å². The summed E-state index contributed by atoms with van der Waals surface area (Å²) >= 11 is 0. The maximum absolute atomic E-state index is 10.5. The van der Waals surface area contributed by atoms with Crippen molar-refractivity contribution in [2.45, 2.75) is 12.7 Å². The van der Waals surface area contributed by atoms with E-state index in [0.717, 1.165) is 16.3 Å². The Morgan fingerprint density at radius 2 is 1.89 bits per heavy atom. The largest absolute Gasteiger partial charge is 0.362 e. The number of hydrogen-bond acceptors (Lipinski definition) is 3. The number of nitrogens with one attached hydrogen (secondary N) is 1. The third-order valence-electron chi connectivity index (χ3n) is 3.02. The zero-order valence-electron chi connectivity index (χ0n) is 10.8. The van der Waals surface area contributed by atoms with Gasteiger partial charge in [-0.2, -0.15) is 0 Å². The summed E-state index contributed by atoms with van der Waals surface area (Å²) in [5.41, 5.74) is 0.803. The zero-order chi connectivity index (χ0) is 13.0. The maximum atomic E-state index is 10.5. The zero-order valence-corrected chi connectivity index (χ0v) is 10.8. The fraction of sp³-hybridized carbons (Fsp3) is 0.333. The molecule has 0 aromatic heterocycles. The molecule has 0 aliphatic carbocycles. The molecular formula is C15H19NO2. The van der Waals surface area contributed by atoms with Crippen LogP contribution >= 0.6 is 0 Å². The van der Waals surface area contributed by atoms with E-state index in [2.05, 4.69) is 5.32 Å². The van der Waals surface area contributed by atoms with E-state index in [1.807, 2.05) is 49.5 Å². The molecule has 96 valence electrons. The highest BCUT2D eigenvalue weighted by Crippen LogP contribution is 2.29. The fourth-order valence-corrected chi connectivity index (χ4v) is 2.06. The number of rotatable bonds is 5. The highest BCUT2D eigenvalue weighted by molar-refractivity contribution is 5.86. The summed E-state index contributed by atoms with van der Waals surface area (Å²) in [7, 11) is 1.86. The minimum Gasteiger partial charge on any atom is -0.362 e. The number of likely N-dealkylation sites (N-methyl/N-ethyl adjacent to an activating group) is 1. The molecule has 2 rings (SSSR count). The molecule has 0 aliphatic heterocycles. The van der Waals surface area contributed by atoms with Crippen LogP contribution < -0.4 is 5.32 Å². The van der Waals surface area contributed by atoms with Crippen molar-refractivity contribution in [1.82, 2.24) is 5.32 Å². The van der Waals surface area contributed by atoms with Crippen LogP contribution in [-0.4, -0.2) is 25.3 Å². The first kappa shape index (κ1) is 13.0. The number of benzene rings is 2. The summed E-state index contributed by atoms with van der Waals surface area (Å²) < 4.78 is 5.56. The monoisotopic (exact) mass is 245 g/mol. The molecule has 3 heteroatoms. The van der Waals surface area contributed by atoms with Crippen molar-refractivity contribution in [1.29, 1.82) is 0 Å². The van der Waals surface area contributed by atoms with Crippen molar-refractivity contribution in [3.8, 4) is 0 Å². The Morgan fingerprint density at radius 1 is 1.17 bits per heavy atom. The van der Waals surface area contributed by atoms with Gasteiger partial charge in [0.1, 0.15) is 0 Å². The molecule has 2 aromatic rings. The molecule has 2 N–H and O–H groups in total. The molecule has 0 spiro atoms. The molecule has 18 heavy (non-hydrogen) atoms. The lowest BCUT2D eigenvalue weighted by Gasteiger charge is -2.25. The molecule has 0 bridgehead atoms. The molecule has 0 saturated carbocycles. The highest BCUT2D eigenvalue weighted by atomic mass is 16.6. The second kappa shape index (κ2) is 5.48. The predicted molar refractivity (Wildman–Crippen MR) is 73.4 cm³/mol. The molecule has 2 aromatic carbocycles. The average molecular weight is 245 g/mol. The Balaban J connectivity index is 2.34. The van der Waals surface area contributed by atoms with Gasteiger partial charge in [0.15, 0.2) is 5.79 Å². The molecule has 0 radical (unpaired) electrons. The predicted octanol–water partition coefficient (Wildman–Crippen LogP) is 2.24. The van der Waals surface area contributed by atoms with Gasteiger partial charge in [-0.1, -0.05) is 42.5 Å². The molecule has 0 aliphatic rings. The summed E-state index contributed by atoms with van der Waals surface area (Å²) in [6, 6.07) is 13.9. The highest BCUT2D eigenvalue weighted by Gasteiger charge is 2.25. The van der Waals surface area contributed by atoms with Crippen LogP contribution in [0.1, 0.15) is 12.5 Å². The van der Waals surface area contributed by atoms with E-state index in [1.165, 1.54) is 0 Å². The Labute approximate surface area is 107 Å². The van der Waals surface area contributed by atoms with Gasteiger partial charge in [-0.3, -0.25) is 0 Å². The van der Waals surface area contributed by atoms with E-state index in [1.54, 1.807) is 6.92 Å². The number of aliphatic hydroxyl groups is 1. The third kappa shape index (κ3) is 2.70. The lowest BCUT2D eigenvalue weighted by Crippen LogP contribution is -2.29. The minimum absolute atomic E-state index is 0.465. The quantitative estimate of drug-likeness (QED) is 0.627. The Bertz CT molecular complexity index is 517. The number of ether oxygens (including phenoxy) is 1. The third-order valence-corrected chi connectivity index (χ3v) is 3.02. The topological polar surface area (TPSA) is 41.5 Å². The summed E-state index contributed by atoms with van der Waals surface area (Å²) in [5.74, 6) is -1.27. The van der Waals surface area contributed by atoms with Crippen LogP contribution in [0.5, 0.6) is 0 Å². The lowest BCUT2D eigenvalue weighted by atomic mass is 9.99. The normalized spacial score (nSPS) is 14.6. The Kier molecular flexibility index (Phi) is 3.97. The average Bonchev–Trinajstić information content (AvgIpc) is 2.38. The van der Waals surface area contributed by atoms with E-state index in [4.69, 9.17) is 4.74 Å². The van der Waals surface area contributed by atoms with Gasteiger partial charge in [0.2, 0.25) is 0 Å². The van der Waals surface area contributed by atoms with E-state index >= 15 is 0 Å². The van der Waals surface area contributed by atoms with E-state index in [0.29, 0.717) is 13.2 Å². The maximum Gasteiger partial charge on any atom is 0.190 e. The molecular weight excluding hydrogens is 226 g/mol. The Hall–Kier alpha value is -1.42. The Morgan fingerprint density at radius 3 is 2.67 bits per heavy atom. The van der Waals surface area contributed by atoms with Crippen LogP contribution in [0.15, 0.2) is 42.5 Å². The van der Waals surface area contributed by atoms with Crippen molar-refractivity contribution in [2.24, 2.45) is 0 Å². The van der Waals surface area contributed by atoms with Crippen LogP contribution in [-0.2, 0) is 10.5 Å². The fourth-order valence-electron chi connectivity index (χ4n) is 2.06. The molecule has 0 saturated heterocycles. The van der Waals surface area contributed by atoms with E-state index in [9.17, 15) is 5.11 Å². The molecule has 0 fully saturated rings. The number of hydrogen-bond donors (Lipinski definition) is 2. The van der Waals surface area contributed by atoms with Crippen LogP contribution in [0.3, 0.4) is 0 Å². The van der Waals surface area contributed by atoms with Crippen molar-refractivity contribution < 1.29 is 9.84 Å². The van der Waals surface area contributed by atoms with Crippen LogP contribution in [0, 0.1) is 0 Å². The summed E-state index contributed by atoms with van der Waals surface area (Å²) in [6.07, 6.45) is 0.